The highest BCUT2D eigenvalue weighted by atomic mass is 32.2. The van der Waals surface area contributed by atoms with E-state index in [0.29, 0.717) is 11.3 Å². The quantitative estimate of drug-likeness (QED) is 0.557. The highest BCUT2D eigenvalue weighted by Crippen LogP contribution is 2.30. The first-order valence-corrected chi connectivity index (χ1v) is 9.08. The van der Waals surface area contributed by atoms with Gasteiger partial charge in [0.1, 0.15) is 0 Å². The first-order valence-electron chi connectivity index (χ1n) is 8.09. The number of pyridine rings is 2. The lowest BCUT2D eigenvalue weighted by Gasteiger charge is -2.20. The summed E-state index contributed by atoms with van der Waals surface area (Å²) in [6, 6.07) is 3.88. The Balaban J connectivity index is 1.78. The summed E-state index contributed by atoms with van der Waals surface area (Å²) < 4.78 is 0. The van der Waals surface area contributed by atoms with Gasteiger partial charge in [0.15, 0.2) is 0 Å². The average molecular weight is 340 g/mol. The zero-order valence-corrected chi connectivity index (χ0v) is 14.2. The van der Waals surface area contributed by atoms with Crippen molar-refractivity contribution in [1.29, 1.82) is 10.8 Å². The van der Waals surface area contributed by atoms with Gasteiger partial charge in [0, 0.05) is 24.4 Å². The third-order valence-electron chi connectivity index (χ3n) is 4.31. The molecular weight excluding hydrogens is 320 g/mol. The highest BCUT2D eigenvalue weighted by Gasteiger charge is 2.19. The fraction of sp³-hybridized carbons (Fsp3) is 0.333. The molecule has 0 spiro atoms. The summed E-state index contributed by atoms with van der Waals surface area (Å²) in [7, 11) is 0. The third kappa shape index (κ3) is 3.48. The Morgan fingerprint density at radius 2 is 2.00 bits per heavy atom. The molecule has 3 rings (SSSR count). The van der Waals surface area contributed by atoms with E-state index in [2.05, 4.69) is 9.97 Å². The molecular formula is C18H20N4OS. The van der Waals surface area contributed by atoms with E-state index in [1.165, 1.54) is 18.0 Å². The Morgan fingerprint density at radius 3 is 2.75 bits per heavy atom. The third-order valence-corrected chi connectivity index (χ3v) is 5.36. The van der Waals surface area contributed by atoms with Crippen LogP contribution in [0.1, 0.15) is 40.8 Å². The van der Waals surface area contributed by atoms with Gasteiger partial charge in [-0.3, -0.25) is 9.78 Å². The van der Waals surface area contributed by atoms with E-state index in [1.807, 2.05) is 12.1 Å². The summed E-state index contributed by atoms with van der Waals surface area (Å²) in [4.78, 5) is 19.3. The fourth-order valence-electron chi connectivity index (χ4n) is 3.11. The number of hydrogen-bond acceptors (Lipinski definition) is 5. The predicted octanol–water partition coefficient (Wildman–Crippen LogP) is 2.98. The maximum atomic E-state index is 12.2. The summed E-state index contributed by atoms with van der Waals surface area (Å²) in [6.45, 7) is 0. The molecule has 0 bridgehead atoms. The van der Waals surface area contributed by atoms with Crippen LogP contribution in [-0.4, -0.2) is 28.2 Å². The van der Waals surface area contributed by atoms with Crippen LogP contribution in [0.2, 0.25) is 0 Å². The Bertz CT molecular complexity index is 828. The van der Waals surface area contributed by atoms with E-state index >= 15 is 0 Å². The molecule has 24 heavy (non-hydrogen) atoms. The summed E-state index contributed by atoms with van der Waals surface area (Å²) in [5, 5.41) is 15.7. The normalized spacial score (nSPS) is 13.3. The number of nitrogens with one attached hydrogen (secondary N) is 3. The van der Waals surface area contributed by atoms with E-state index in [-0.39, 0.29) is 5.56 Å². The molecule has 0 atom stereocenters. The van der Waals surface area contributed by atoms with Crippen LogP contribution in [0.5, 0.6) is 0 Å². The van der Waals surface area contributed by atoms with Crippen molar-refractivity contribution < 1.29 is 0 Å². The molecule has 2 heterocycles. The van der Waals surface area contributed by atoms with Crippen LogP contribution in [0.4, 0.5) is 0 Å². The van der Waals surface area contributed by atoms with E-state index in [0.717, 1.165) is 54.0 Å². The molecule has 6 heteroatoms. The van der Waals surface area contributed by atoms with Gasteiger partial charge < -0.3 is 15.8 Å². The molecule has 0 saturated heterocycles. The maximum Gasteiger partial charge on any atom is 0.257 e. The highest BCUT2D eigenvalue weighted by molar-refractivity contribution is 7.99. The predicted molar refractivity (Wildman–Crippen MR) is 98.1 cm³/mol. The van der Waals surface area contributed by atoms with Crippen molar-refractivity contribution in [3.63, 3.8) is 0 Å². The molecule has 0 radical (unpaired) electrons. The van der Waals surface area contributed by atoms with E-state index < -0.39 is 0 Å². The van der Waals surface area contributed by atoms with Crippen LogP contribution < -0.4 is 5.56 Å². The minimum absolute atomic E-state index is 0.150. The SMILES string of the molecule is N=Cc1cc(CCSc2[nH]c(=O)c(C=N)c3c2CCCC3)ccn1. The maximum absolute atomic E-state index is 12.2. The number of aromatic amines is 1. The molecule has 1 aliphatic rings. The fourth-order valence-corrected chi connectivity index (χ4v) is 4.22. The van der Waals surface area contributed by atoms with Crippen molar-refractivity contribution >= 4 is 24.2 Å². The molecule has 0 fully saturated rings. The number of aryl methyl sites for hydroxylation is 1. The molecule has 5 nitrogen and oxygen atoms in total. The van der Waals surface area contributed by atoms with Crippen LogP contribution in [0.25, 0.3) is 0 Å². The number of fused-ring (bicyclic) bond motifs is 1. The number of rotatable bonds is 6. The molecule has 0 saturated carbocycles. The standard InChI is InChI=1S/C18H20N4OS/c19-10-13-9-12(5-7-21-13)6-8-24-18-15-4-2-1-3-14(15)16(11-20)17(23)22-18/h5,7,9-11,19-20H,1-4,6,8H2,(H,22,23). The van der Waals surface area contributed by atoms with E-state index in [9.17, 15) is 4.79 Å². The number of thioether (sulfide) groups is 1. The lowest BCUT2D eigenvalue weighted by molar-refractivity contribution is 0.664. The lowest BCUT2D eigenvalue weighted by Crippen LogP contribution is -2.21. The van der Waals surface area contributed by atoms with Gasteiger partial charge in [0.25, 0.3) is 5.56 Å². The van der Waals surface area contributed by atoms with Gasteiger partial charge in [0.2, 0.25) is 0 Å². The molecule has 2 aromatic heterocycles. The number of aromatic nitrogens is 2. The second-order valence-electron chi connectivity index (χ2n) is 5.84. The lowest BCUT2D eigenvalue weighted by atomic mass is 9.90. The van der Waals surface area contributed by atoms with E-state index in [4.69, 9.17) is 10.8 Å². The van der Waals surface area contributed by atoms with Gasteiger partial charge in [-0.2, -0.15) is 0 Å². The zero-order valence-electron chi connectivity index (χ0n) is 13.4. The topological polar surface area (TPSA) is 93.5 Å². The monoisotopic (exact) mass is 340 g/mol. The Labute approximate surface area is 144 Å². The van der Waals surface area contributed by atoms with Crippen molar-refractivity contribution in [3.05, 3.63) is 56.6 Å². The summed E-state index contributed by atoms with van der Waals surface area (Å²) in [6.07, 6.45) is 9.11. The first kappa shape index (κ1) is 16.6. The second kappa shape index (κ2) is 7.57. The summed E-state index contributed by atoms with van der Waals surface area (Å²) in [5.41, 5.74) is 4.47. The van der Waals surface area contributed by atoms with Crippen LogP contribution >= 0.6 is 11.8 Å². The van der Waals surface area contributed by atoms with Crippen LogP contribution in [0.3, 0.4) is 0 Å². The van der Waals surface area contributed by atoms with Crippen LogP contribution in [0.15, 0.2) is 28.2 Å². The van der Waals surface area contributed by atoms with Gasteiger partial charge >= 0.3 is 0 Å². The molecule has 1 aliphatic carbocycles. The molecule has 0 unspecified atom stereocenters. The van der Waals surface area contributed by atoms with Gasteiger partial charge in [-0.1, -0.05) is 0 Å². The molecule has 3 N–H and O–H groups in total. The summed E-state index contributed by atoms with van der Waals surface area (Å²) >= 11 is 1.67. The van der Waals surface area contributed by atoms with Crippen LogP contribution in [0, 0.1) is 10.8 Å². The Morgan fingerprint density at radius 1 is 1.21 bits per heavy atom. The molecule has 0 aliphatic heterocycles. The first-order chi connectivity index (χ1) is 11.7. The van der Waals surface area contributed by atoms with Crippen molar-refractivity contribution in [1.82, 2.24) is 9.97 Å². The summed E-state index contributed by atoms with van der Waals surface area (Å²) in [5.74, 6) is 0.855. The van der Waals surface area contributed by atoms with Gasteiger partial charge in [-0.25, -0.2) is 0 Å². The number of nitrogens with zero attached hydrogens (tertiary/aromatic N) is 1. The number of H-pyrrole nitrogens is 1. The van der Waals surface area contributed by atoms with Gasteiger partial charge in [-0.05, 0) is 60.9 Å². The average Bonchev–Trinajstić information content (AvgIpc) is 2.62. The minimum Gasteiger partial charge on any atom is -0.316 e. The van der Waals surface area contributed by atoms with Crippen molar-refractivity contribution in [3.8, 4) is 0 Å². The second-order valence-corrected chi connectivity index (χ2v) is 6.94. The van der Waals surface area contributed by atoms with Crippen molar-refractivity contribution in [2.24, 2.45) is 0 Å². The van der Waals surface area contributed by atoms with Crippen molar-refractivity contribution in [2.45, 2.75) is 37.1 Å². The Kier molecular flexibility index (Phi) is 5.25. The zero-order chi connectivity index (χ0) is 16.9. The van der Waals surface area contributed by atoms with Gasteiger partial charge in [0.05, 0.1) is 16.3 Å². The smallest absolute Gasteiger partial charge is 0.257 e. The van der Waals surface area contributed by atoms with E-state index in [1.54, 1.807) is 18.0 Å². The van der Waals surface area contributed by atoms with Crippen LogP contribution in [-0.2, 0) is 19.3 Å². The molecule has 124 valence electrons. The Hall–Kier alpha value is -2.21. The molecule has 0 aromatic carbocycles. The number of hydrogen-bond donors (Lipinski definition) is 3. The van der Waals surface area contributed by atoms with Crippen molar-refractivity contribution in [2.75, 3.05) is 5.75 Å². The molecule has 2 aromatic rings. The minimum atomic E-state index is -0.150. The molecule has 0 amide bonds. The van der Waals surface area contributed by atoms with Gasteiger partial charge in [-0.15, -0.1) is 11.8 Å². The largest absolute Gasteiger partial charge is 0.316 e.